The second-order valence-electron chi connectivity index (χ2n) is 4.74. The van der Waals surface area contributed by atoms with Gasteiger partial charge in [0.15, 0.2) is 0 Å². The summed E-state index contributed by atoms with van der Waals surface area (Å²) >= 11 is 6.06. The number of halogens is 1. The molecule has 0 spiro atoms. The van der Waals surface area contributed by atoms with Gasteiger partial charge in [0.1, 0.15) is 0 Å². The van der Waals surface area contributed by atoms with E-state index in [1.54, 1.807) is 12.4 Å². The SMILES string of the molecule is CC(CCNCc1ccncc1Cl)c1ccccc1. The van der Waals surface area contributed by atoms with Crippen LogP contribution in [0, 0.1) is 0 Å². The highest BCUT2D eigenvalue weighted by atomic mass is 35.5. The Morgan fingerprint density at radius 3 is 2.74 bits per heavy atom. The summed E-state index contributed by atoms with van der Waals surface area (Å²) in [5.74, 6) is 0.571. The van der Waals surface area contributed by atoms with Gasteiger partial charge in [0.2, 0.25) is 0 Å². The van der Waals surface area contributed by atoms with Crippen molar-refractivity contribution in [2.45, 2.75) is 25.8 Å². The van der Waals surface area contributed by atoms with E-state index >= 15 is 0 Å². The van der Waals surface area contributed by atoms with E-state index in [0.717, 1.165) is 30.1 Å². The molecule has 0 saturated heterocycles. The van der Waals surface area contributed by atoms with Gasteiger partial charge in [0.25, 0.3) is 0 Å². The normalized spacial score (nSPS) is 12.3. The topological polar surface area (TPSA) is 24.9 Å². The average Bonchev–Trinajstić information content (AvgIpc) is 2.46. The largest absolute Gasteiger partial charge is 0.313 e. The summed E-state index contributed by atoms with van der Waals surface area (Å²) in [5, 5.41) is 4.16. The molecule has 0 aliphatic rings. The van der Waals surface area contributed by atoms with Crippen molar-refractivity contribution >= 4 is 11.6 Å². The maximum Gasteiger partial charge on any atom is 0.0634 e. The molecule has 19 heavy (non-hydrogen) atoms. The van der Waals surface area contributed by atoms with Crippen LogP contribution in [0.2, 0.25) is 5.02 Å². The third-order valence-corrected chi connectivity index (χ3v) is 3.63. The molecule has 1 N–H and O–H groups in total. The van der Waals surface area contributed by atoms with Gasteiger partial charge in [-0.25, -0.2) is 0 Å². The Kier molecular flexibility index (Phi) is 5.37. The fraction of sp³-hybridized carbons (Fsp3) is 0.312. The van der Waals surface area contributed by atoms with E-state index in [2.05, 4.69) is 47.6 Å². The molecule has 1 heterocycles. The number of aromatic nitrogens is 1. The van der Waals surface area contributed by atoms with Crippen LogP contribution in [0.4, 0.5) is 0 Å². The molecule has 1 unspecified atom stereocenters. The van der Waals surface area contributed by atoms with Crippen molar-refractivity contribution in [2.75, 3.05) is 6.54 Å². The maximum absolute atomic E-state index is 6.06. The minimum absolute atomic E-state index is 0.571. The van der Waals surface area contributed by atoms with Gasteiger partial charge in [-0.1, -0.05) is 48.9 Å². The van der Waals surface area contributed by atoms with Crippen LogP contribution in [-0.2, 0) is 6.54 Å². The van der Waals surface area contributed by atoms with E-state index in [1.807, 2.05) is 6.07 Å². The molecule has 2 aromatic rings. The minimum atomic E-state index is 0.571. The van der Waals surface area contributed by atoms with Crippen molar-refractivity contribution in [1.29, 1.82) is 0 Å². The number of benzene rings is 1. The van der Waals surface area contributed by atoms with Crippen LogP contribution < -0.4 is 5.32 Å². The smallest absolute Gasteiger partial charge is 0.0634 e. The molecule has 2 nitrogen and oxygen atoms in total. The van der Waals surface area contributed by atoms with Gasteiger partial charge in [-0.3, -0.25) is 4.98 Å². The molecule has 0 radical (unpaired) electrons. The van der Waals surface area contributed by atoms with Crippen LogP contribution >= 0.6 is 11.6 Å². The van der Waals surface area contributed by atoms with Crippen molar-refractivity contribution in [1.82, 2.24) is 10.3 Å². The van der Waals surface area contributed by atoms with Crippen LogP contribution in [0.3, 0.4) is 0 Å². The lowest BCUT2D eigenvalue weighted by atomic mass is 9.98. The monoisotopic (exact) mass is 274 g/mol. The third kappa shape index (κ3) is 4.34. The van der Waals surface area contributed by atoms with Crippen LogP contribution in [0.5, 0.6) is 0 Å². The van der Waals surface area contributed by atoms with Gasteiger partial charge in [0, 0.05) is 18.9 Å². The lowest BCUT2D eigenvalue weighted by molar-refractivity contribution is 0.594. The van der Waals surface area contributed by atoms with Crippen molar-refractivity contribution in [2.24, 2.45) is 0 Å². The highest BCUT2D eigenvalue weighted by Crippen LogP contribution is 2.18. The first-order chi connectivity index (χ1) is 9.27. The lowest BCUT2D eigenvalue weighted by Gasteiger charge is -2.12. The Balaban J connectivity index is 1.74. The lowest BCUT2D eigenvalue weighted by Crippen LogP contribution is -2.16. The molecule has 0 saturated carbocycles. The Labute approximate surface area is 119 Å². The molecule has 0 fully saturated rings. The standard InChI is InChI=1S/C16H19ClN2/c1-13(14-5-3-2-4-6-14)7-9-18-11-15-8-10-19-12-16(15)17/h2-6,8,10,12-13,18H,7,9,11H2,1H3. The third-order valence-electron chi connectivity index (χ3n) is 3.29. The van der Waals surface area contributed by atoms with Crippen molar-refractivity contribution < 1.29 is 0 Å². The number of hydrogen-bond acceptors (Lipinski definition) is 2. The number of pyridine rings is 1. The van der Waals surface area contributed by atoms with E-state index in [9.17, 15) is 0 Å². The Bertz CT molecular complexity index is 499. The van der Waals surface area contributed by atoms with E-state index in [0.29, 0.717) is 5.92 Å². The van der Waals surface area contributed by atoms with Gasteiger partial charge >= 0.3 is 0 Å². The van der Waals surface area contributed by atoms with Gasteiger partial charge < -0.3 is 5.32 Å². The zero-order valence-electron chi connectivity index (χ0n) is 11.1. The van der Waals surface area contributed by atoms with Crippen molar-refractivity contribution in [3.8, 4) is 0 Å². The molecule has 1 atom stereocenters. The highest BCUT2D eigenvalue weighted by molar-refractivity contribution is 6.31. The highest BCUT2D eigenvalue weighted by Gasteiger charge is 2.04. The van der Waals surface area contributed by atoms with Crippen molar-refractivity contribution in [3.05, 3.63) is 64.9 Å². The van der Waals surface area contributed by atoms with E-state index in [-0.39, 0.29) is 0 Å². The Hall–Kier alpha value is -1.38. The van der Waals surface area contributed by atoms with Crippen LogP contribution in [0.1, 0.15) is 30.4 Å². The first-order valence-corrected chi connectivity index (χ1v) is 6.99. The Morgan fingerprint density at radius 2 is 2.00 bits per heavy atom. The number of nitrogens with zero attached hydrogens (tertiary/aromatic N) is 1. The summed E-state index contributed by atoms with van der Waals surface area (Å²) in [7, 11) is 0. The first kappa shape index (κ1) is 14.0. The molecule has 0 aliphatic heterocycles. The fourth-order valence-electron chi connectivity index (χ4n) is 2.04. The van der Waals surface area contributed by atoms with E-state index in [1.165, 1.54) is 5.56 Å². The number of rotatable bonds is 6. The summed E-state index contributed by atoms with van der Waals surface area (Å²) in [6, 6.07) is 12.6. The van der Waals surface area contributed by atoms with Gasteiger partial charge in [-0.15, -0.1) is 0 Å². The molecular weight excluding hydrogens is 256 g/mol. The maximum atomic E-state index is 6.06. The van der Waals surface area contributed by atoms with Gasteiger partial charge in [0.05, 0.1) is 5.02 Å². The van der Waals surface area contributed by atoms with Gasteiger partial charge in [-0.2, -0.15) is 0 Å². The first-order valence-electron chi connectivity index (χ1n) is 6.61. The van der Waals surface area contributed by atoms with Crippen molar-refractivity contribution in [3.63, 3.8) is 0 Å². The molecule has 0 aliphatic carbocycles. The molecule has 1 aromatic carbocycles. The number of hydrogen-bond donors (Lipinski definition) is 1. The quantitative estimate of drug-likeness (QED) is 0.805. The molecule has 3 heteroatoms. The average molecular weight is 275 g/mol. The minimum Gasteiger partial charge on any atom is -0.313 e. The molecule has 2 rings (SSSR count). The molecule has 100 valence electrons. The zero-order valence-corrected chi connectivity index (χ0v) is 11.9. The summed E-state index contributed by atoms with van der Waals surface area (Å²) in [6.45, 7) is 4.04. The van der Waals surface area contributed by atoms with Crippen LogP contribution in [0.15, 0.2) is 48.8 Å². The van der Waals surface area contributed by atoms with Crippen LogP contribution in [-0.4, -0.2) is 11.5 Å². The Morgan fingerprint density at radius 1 is 1.21 bits per heavy atom. The summed E-state index contributed by atoms with van der Waals surface area (Å²) in [5.41, 5.74) is 2.50. The molecule has 1 aromatic heterocycles. The molecule has 0 bridgehead atoms. The van der Waals surface area contributed by atoms with Gasteiger partial charge in [-0.05, 0) is 36.1 Å². The van der Waals surface area contributed by atoms with E-state index in [4.69, 9.17) is 11.6 Å². The summed E-state index contributed by atoms with van der Waals surface area (Å²) in [6.07, 6.45) is 4.58. The molecular formula is C16H19ClN2. The second kappa shape index (κ2) is 7.27. The molecule has 0 amide bonds. The summed E-state index contributed by atoms with van der Waals surface area (Å²) in [4.78, 5) is 3.98. The predicted molar refractivity (Wildman–Crippen MR) is 80.4 cm³/mol. The zero-order chi connectivity index (χ0) is 13.5. The van der Waals surface area contributed by atoms with E-state index < -0.39 is 0 Å². The fourth-order valence-corrected chi connectivity index (χ4v) is 2.22. The van der Waals surface area contributed by atoms with Crippen LogP contribution in [0.25, 0.3) is 0 Å². The predicted octanol–water partition coefficient (Wildman–Crippen LogP) is 4.02. The second-order valence-corrected chi connectivity index (χ2v) is 5.15. The number of nitrogens with one attached hydrogen (secondary N) is 1. The summed E-state index contributed by atoms with van der Waals surface area (Å²) < 4.78 is 0.